The molecule has 0 N–H and O–H groups in total. The molecule has 0 aliphatic heterocycles. The third kappa shape index (κ3) is 6.43. The van der Waals surface area contributed by atoms with Crippen molar-refractivity contribution in [2.45, 2.75) is 46.0 Å². The maximum absolute atomic E-state index is 14.6. The minimum Gasteiger partial charge on any atom is -0.494 e. The molecule has 0 saturated heterocycles. The maximum atomic E-state index is 14.6. The van der Waals surface area contributed by atoms with E-state index in [-0.39, 0.29) is 11.4 Å². The number of rotatable bonds is 8. The Morgan fingerprint density at radius 1 is 0.774 bits per heavy atom. The molecule has 1 nitrogen and oxygen atoms in total. The third-order valence-corrected chi connectivity index (χ3v) is 5.06. The van der Waals surface area contributed by atoms with Crippen molar-refractivity contribution in [2.24, 2.45) is 0 Å². The molecular weight excluding hydrogens is 390 g/mol. The van der Waals surface area contributed by atoms with E-state index < -0.39 is 5.82 Å². The minimum absolute atomic E-state index is 0.284. The fraction of sp³-hybridized carbons (Fsp3) is 0.286. The van der Waals surface area contributed by atoms with Crippen molar-refractivity contribution in [3.63, 3.8) is 0 Å². The average Bonchev–Trinajstić information content (AvgIpc) is 2.77. The van der Waals surface area contributed by atoms with Crippen molar-refractivity contribution in [1.29, 1.82) is 0 Å². The van der Waals surface area contributed by atoms with E-state index in [4.69, 9.17) is 4.74 Å². The molecule has 0 aromatic heterocycles. The summed E-state index contributed by atoms with van der Waals surface area (Å²) < 4.78 is 34.7. The van der Waals surface area contributed by atoms with E-state index in [9.17, 15) is 8.78 Å². The number of aryl methyl sites for hydroxylation is 1. The number of ether oxygens (including phenoxy) is 1. The molecule has 0 bridgehead atoms. The van der Waals surface area contributed by atoms with Crippen molar-refractivity contribution >= 4 is 0 Å². The average molecular weight is 419 g/mol. The molecule has 3 rings (SSSR count). The van der Waals surface area contributed by atoms with Crippen LogP contribution in [0.1, 0.15) is 56.2 Å². The van der Waals surface area contributed by atoms with Gasteiger partial charge in [0, 0.05) is 11.1 Å². The zero-order valence-corrected chi connectivity index (χ0v) is 18.2. The van der Waals surface area contributed by atoms with Gasteiger partial charge in [0.25, 0.3) is 0 Å². The summed E-state index contributed by atoms with van der Waals surface area (Å²) in [7, 11) is 0. The molecule has 0 spiro atoms. The van der Waals surface area contributed by atoms with E-state index >= 15 is 0 Å². The zero-order chi connectivity index (χ0) is 22.1. The molecule has 3 aromatic rings. The summed E-state index contributed by atoms with van der Waals surface area (Å²) >= 11 is 0. The molecule has 0 unspecified atom stereocenters. The van der Waals surface area contributed by atoms with Gasteiger partial charge in [0.15, 0.2) is 0 Å². The standard InChI is InChI=1S/C28H28F2O/c1-3-5-6-18-31-25-15-9-21(10-16-25)8-12-23-13-14-24(20-27(23)29)26-17-11-22(7-4-2)19-28(26)30/h9-11,13-17,19-20H,3-7,18H2,1-2H3. The highest BCUT2D eigenvalue weighted by atomic mass is 19.1. The summed E-state index contributed by atoms with van der Waals surface area (Å²) in [6.45, 7) is 4.92. The van der Waals surface area contributed by atoms with Crippen LogP contribution in [-0.4, -0.2) is 6.61 Å². The first-order valence-corrected chi connectivity index (χ1v) is 10.9. The van der Waals surface area contributed by atoms with Gasteiger partial charge in [-0.15, -0.1) is 0 Å². The third-order valence-electron chi connectivity index (χ3n) is 5.06. The lowest BCUT2D eigenvalue weighted by Gasteiger charge is -2.07. The van der Waals surface area contributed by atoms with E-state index in [1.54, 1.807) is 18.2 Å². The molecule has 0 saturated carbocycles. The van der Waals surface area contributed by atoms with Gasteiger partial charge in [-0.1, -0.05) is 63.1 Å². The summed E-state index contributed by atoms with van der Waals surface area (Å²) in [4.78, 5) is 0. The van der Waals surface area contributed by atoms with Crippen LogP contribution in [-0.2, 0) is 6.42 Å². The molecular formula is C28H28F2O. The molecule has 0 radical (unpaired) electrons. The fourth-order valence-electron chi connectivity index (χ4n) is 3.34. The summed E-state index contributed by atoms with van der Waals surface area (Å²) in [6.07, 6.45) is 5.14. The second-order valence-corrected chi connectivity index (χ2v) is 7.59. The topological polar surface area (TPSA) is 9.23 Å². The number of unbranched alkanes of at least 4 members (excludes halogenated alkanes) is 2. The minimum atomic E-state index is -0.460. The second-order valence-electron chi connectivity index (χ2n) is 7.59. The second kappa shape index (κ2) is 11.3. The van der Waals surface area contributed by atoms with Crippen molar-refractivity contribution in [3.05, 3.63) is 89.0 Å². The van der Waals surface area contributed by atoms with Gasteiger partial charge in [-0.2, -0.15) is 0 Å². The van der Waals surface area contributed by atoms with Crippen LogP contribution in [0.25, 0.3) is 11.1 Å². The summed E-state index contributed by atoms with van der Waals surface area (Å²) in [5.74, 6) is 5.86. The van der Waals surface area contributed by atoms with E-state index in [0.717, 1.165) is 49.0 Å². The number of halogens is 2. The molecule has 0 aliphatic rings. The first kappa shape index (κ1) is 22.6. The molecule has 0 aliphatic carbocycles. The number of hydrogen-bond donors (Lipinski definition) is 0. The first-order valence-electron chi connectivity index (χ1n) is 10.9. The lowest BCUT2D eigenvalue weighted by molar-refractivity contribution is 0.306. The van der Waals surface area contributed by atoms with E-state index in [2.05, 4.69) is 25.7 Å². The highest BCUT2D eigenvalue weighted by Crippen LogP contribution is 2.26. The van der Waals surface area contributed by atoms with E-state index in [1.807, 2.05) is 30.3 Å². The molecule has 160 valence electrons. The van der Waals surface area contributed by atoms with Crippen LogP contribution in [0.3, 0.4) is 0 Å². The Morgan fingerprint density at radius 2 is 1.58 bits per heavy atom. The quantitative estimate of drug-likeness (QED) is 0.271. The van der Waals surface area contributed by atoms with Gasteiger partial charge in [0.1, 0.15) is 17.4 Å². The van der Waals surface area contributed by atoms with Crippen molar-refractivity contribution < 1.29 is 13.5 Å². The zero-order valence-electron chi connectivity index (χ0n) is 18.2. The smallest absolute Gasteiger partial charge is 0.139 e. The van der Waals surface area contributed by atoms with Crippen LogP contribution in [0.15, 0.2) is 60.7 Å². The largest absolute Gasteiger partial charge is 0.494 e. The van der Waals surface area contributed by atoms with Gasteiger partial charge in [-0.25, -0.2) is 8.78 Å². The van der Waals surface area contributed by atoms with E-state index in [1.165, 1.54) is 12.1 Å². The Kier molecular flexibility index (Phi) is 8.24. The van der Waals surface area contributed by atoms with Gasteiger partial charge in [0.2, 0.25) is 0 Å². The Labute approximate surface area is 184 Å². The van der Waals surface area contributed by atoms with Crippen LogP contribution < -0.4 is 4.74 Å². The summed E-state index contributed by atoms with van der Waals surface area (Å²) in [6, 6.07) is 17.3. The summed E-state index contributed by atoms with van der Waals surface area (Å²) in [5, 5.41) is 0. The van der Waals surface area contributed by atoms with Gasteiger partial charge in [-0.3, -0.25) is 0 Å². The van der Waals surface area contributed by atoms with Crippen molar-refractivity contribution in [2.75, 3.05) is 6.61 Å². The molecule has 0 amide bonds. The van der Waals surface area contributed by atoms with Crippen LogP contribution in [0.2, 0.25) is 0 Å². The van der Waals surface area contributed by atoms with Crippen molar-refractivity contribution in [3.8, 4) is 28.7 Å². The molecule has 0 atom stereocenters. The highest BCUT2D eigenvalue weighted by molar-refractivity contribution is 5.66. The molecule has 0 heterocycles. The molecule has 3 heteroatoms. The monoisotopic (exact) mass is 418 g/mol. The number of hydrogen-bond acceptors (Lipinski definition) is 1. The van der Waals surface area contributed by atoms with Gasteiger partial charge < -0.3 is 4.74 Å². The molecule has 31 heavy (non-hydrogen) atoms. The van der Waals surface area contributed by atoms with Crippen LogP contribution in [0.4, 0.5) is 8.78 Å². The summed E-state index contributed by atoms with van der Waals surface area (Å²) in [5.41, 5.74) is 2.92. The predicted molar refractivity (Wildman–Crippen MR) is 123 cm³/mol. The van der Waals surface area contributed by atoms with Crippen LogP contribution in [0.5, 0.6) is 5.75 Å². The fourth-order valence-corrected chi connectivity index (χ4v) is 3.34. The Morgan fingerprint density at radius 3 is 2.26 bits per heavy atom. The molecule has 0 fully saturated rings. The Hall–Kier alpha value is -3.12. The van der Waals surface area contributed by atoms with Crippen LogP contribution in [0, 0.1) is 23.5 Å². The van der Waals surface area contributed by atoms with Crippen LogP contribution >= 0.6 is 0 Å². The lowest BCUT2D eigenvalue weighted by atomic mass is 10.00. The number of benzene rings is 3. The van der Waals surface area contributed by atoms with Crippen molar-refractivity contribution in [1.82, 2.24) is 0 Å². The highest BCUT2D eigenvalue weighted by Gasteiger charge is 2.09. The van der Waals surface area contributed by atoms with E-state index in [0.29, 0.717) is 17.7 Å². The first-order chi connectivity index (χ1) is 15.1. The lowest BCUT2D eigenvalue weighted by Crippen LogP contribution is -1.96. The Balaban J connectivity index is 1.70. The SMILES string of the molecule is CCCCCOc1ccc(C#Cc2ccc(-c3ccc(CCC)cc3F)cc2F)cc1. The predicted octanol–water partition coefficient (Wildman–Crippen LogP) is 7.55. The maximum Gasteiger partial charge on any atom is 0.139 e. The van der Waals surface area contributed by atoms with Gasteiger partial charge in [0.05, 0.1) is 12.2 Å². The molecule has 3 aromatic carbocycles. The normalized spacial score (nSPS) is 10.5. The van der Waals surface area contributed by atoms with Gasteiger partial charge in [-0.05, 0) is 66.4 Å². The Bertz CT molecular complexity index is 1060. The van der Waals surface area contributed by atoms with Gasteiger partial charge >= 0.3 is 0 Å².